The topological polar surface area (TPSA) is 52.7 Å². The highest BCUT2D eigenvalue weighted by Gasteiger charge is 2.21. The summed E-state index contributed by atoms with van der Waals surface area (Å²) in [4.78, 5) is 24.7. The lowest BCUT2D eigenvalue weighted by molar-refractivity contribution is 1.01. The van der Waals surface area contributed by atoms with Crippen LogP contribution >= 0.6 is 0 Å². The molecule has 50 heavy (non-hydrogen) atoms. The second-order valence-electron chi connectivity index (χ2n) is 12.2. The van der Waals surface area contributed by atoms with Gasteiger partial charge in [0.25, 0.3) is 5.56 Å². The van der Waals surface area contributed by atoms with Crippen LogP contribution in [0.3, 0.4) is 0 Å². The lowest BCUT2D eigenvalue weighted by Gasteiger charge is -2.15. The van der Waals surface area contributed by atoms with Crippen LogP contribution in [0.5, 0.6) is 0 Å². The fraction of sp³-hybridized carbons (Fsp3) is 0.0444. The SMILES string of the molecule is CC.O=c1c2ccccc2c2cc3c4cc5ccccc5cc4n(-c4nc(-c5ccccc5)c5ccccc5n4)c3cc2n1-c1ccccc1. The highest BCUT2D eigenvalue weighted by molar-refractivity contribution is 6.19. The molecule has 0 N–H and O–H groups in total. The van der Waals surface area contributed by atoms with Crippen molar-refractivity contribution in [3.05, 3.63) is 168 Å². The molecule has 0 saturated heterocycles. The van der Waals surface area contributed by atoms with Gasteiger partial charge < -0.3 is 0 Å². The molecule has 238 valence electrons. The summed E-state index contributed by atoms with van der Waals surface area (Å²) in [6.45, 7) is 4.00. The first kappa shape index (κ1) is 29.5. The molecule has 0 aliphatic heterocycles. The van der Waals surface area contributed by atoms with Gasteiger partial charge in [0.1, 0.15) is 0 Å². The molecule has 3 aromatic heterocycles. The number of rotatable bonds is 3. The Balaban J connectivity index is 0.00000165. The van der Waals surface area contributed by atoms with Crippen LogP contribution in [0, 0.1) is 0 Å². The van der Waals surface area contributed by atoms with Crippen molar-refractivity contribution in [1.29, 1.82) is 0 Å². The monoisotopic (exact) mass is 644 g/mol. The summed E-state index contributed by atoms with van der Waals surface area (Å²) in [6.07, 6.45) is 0. The third-order valence-electron chi connectivity index (χ3n) is 9.49. The highest BCUT2D eigenvalue weighted by atomic mass is 16.1. The van der Waals surface area contributed by atoms with Gasteiger partial charge in [0.2, 0.25) is 5.95 Å². The van der Waals surface area contributed by atoms with Crippen molar-refractivity contribution < 1.29 is 0 Å². The minimum atomic E-state index is -0.0506. The molecule has 5 nitrogen and oxygen atoms in total. The quantitative estimate of drug-likeness (QED) is 0.180. The van der Waals surface area contributed by atoms with Gasteiger partial charge in [0.15, 0.2) is 0 Å². The normalized spacial score (nSPS) is 11.5. The summed E-state index contributed by atoms with van der Waals surface area (Å²) in [7, 11) is 0. The van der Waals surface area contributed by atoms with E-state index in [4.69, 9.17) is 9.97 Å². The first-order chi connectivity index (χ1) is 24.7. The maximum absolute atomic E-state index is 14.2. The Bertz CT molecular complexity index is 2960. The number of nitrogens with zero attached hydrogens (tertiary/aromatic N) is 4. The summed E-state index contributed by atoms with van der Waals surface area (Å²) < 4.78 is 4.01. The van der Waals surface area contributed by atoms with Gasteiger partial charge in [-0.15, -0.1) is 0 Å². The Morgan fingerprint density at radius 3 is 1.74 bits per heavy atom. The number of pyridine rings is 1. The van der Waals surface area contributed by atoms with Crippen LogP contribution in [0.4, 0.5) is 0 Å². The smallest absolute Gasteiger partial charge is 0.263 e. The molecule has 0 amide bonds. The number of para-hydroxylation sites is 2. The first-order valence-electron chi connectivity index (χ1n) is 17.1. The van der Waals surface area contributed by atoms with Crippen molar-refractivity contribution in [2.24, 2.45) is 0 Å². The molecule has 7 aromatic carbocycles. The molecule has 10 rings (SSSR count). The molecule has 10 aromatic rings. The van der Waals surface area contributed by atoms with E-state index in [1.54, 1.807) is 0 Å². The van der Waals surface area contributed by atoms with Crippen LogP contribution in [0.2, 0.25) is 0 Å². The van der Waals surface area contributed by atoms with Gasteiger partial charge in [0, 0.05) is 38.2 Å². The van der Waals surface area contributed by atoms with E-state index >= 15 is 0 Å². The number of hydrogen-bond acceptors (Lipinski definition) is 3. The molecule has 5 heteroatoms. The van der Waals surface area contributed by atoms with E-state index in [0.717, 1.165) is 76.7 Å². The minimum absolute atomic E-state index is 0.0506. The van der Waals surface area contributed by atoms with Gasteiger partial charge in [-0.25, -0.2) is 9.97 Å². The lowest BCUT2D eigenvalue weighted by atomic mass is 10.0. The number of benzene rings is 7. The summed E-state index contributed by atoms with van der Waals surface area (Å²) in [5.41, 5.74) is 6.30. The zero-order valence-corrected chi connectivity index (χ0v) is 27.7. The molecule has 0 spiro atoms. The van der Waals surface area contributed by atoms with E-state index in [9.17, 15) is 4.79 Å². The van der Waals surface area contributed by atoms with Gasteiger partial charge in [0.05, 0.1) is 27.8 Å². The van der Waals surface area contributed by atoms with Crippen LogP contribution in [-0.4, -0.2) is 19.1 Å². The third-order valence-corrected chi connectivity index (χ3v) is 9.49. The number of aromatic nitrogens is 4. The fourth-order valence-corrected chi connectivity index (χ4v) is 7.30. The average Bonchev–Trinajstić information content (AvgIpc) is 3.49. The van der Waals surface area contributed by atoms with Gasteiger partial charge in [-0.05, 0) is 64.7 Å². The molecule has 0 bridgehead atoms. The van der Waals surface area contributed by atoms with Gasteiger partial charge in [-0.1, -0.05) is 123 Å². The largest absolute Gasteiger partial charge is 0.278 e. The second-order valence-corrected chi connectivity index (χ2v) is 12.2. The lowest BCUT2D eigenvalue weighted by Crippen LogP contribution is -2.19. The van der Waals surface area contributed by atoms with Crippen LogP contribution in [0.1, 0.15) is 13.8 Å². The maximum atomic E-state index is 14.2. The molecular weight excluding hydrogens is 613 g/mol. The Kier molecular flexibility index (Phi) is 6.99. The molecule has 0 fully saturated rings. The van der Waals surface area contributed by atoms with Crippen molar-refractivity contribution in [3.8, 4) is 22.9 Å². The fourth-order valence-electron chi connectivity index (χ4n) is 7.30. The van der Waals surface area contributed by atoms with E-state index in [1.165, 1.54) is 0 Å². The summed E-state index contributed by atoms with van der Waals surface area (Å²) in [5, 5.41) is 8.10. The highest BCUT2D eigenvalue weighted by Crippen LogP contribution is 2.39. The van der Waals surface area contributed by atoms with Crippen LogP contribution in [-0.2, 0) is 0 Å². The van der Waals surface area contributed by atoms with E-state index in [-0.39, 0.29) is 5.56 Å². The van der Waals surface area contributed by atoms with E-state index in [1.807, 2.05) is 109 Å². The van der Waals surface area contributed by atoms with E-state index < -0.39 is 0 Å². The van der Waals surface area contributed by atoms with Gasteiger partial charge >= 0.3 is 0 Å². The zero-order chi connectivity index (χ0) is 33.8. The second kappa shape index (κ2) is 11.8. The predicted molar refractivity (Wildman–Crippen MR) is 209 cm³/mol. The molecule has 0 aliphatic carbocycles. The summed E-state index contributed by atoms with van der Waals surface area (Å²) in [5.74, 6) is 0.580. The van der Waals surface area contributed by atoms with Crippen LogP contribution in [0.15, 0.2) is 163 Å². The molecule has 0 radical (unpaired) electrons. The molecular formula is C45H32N4O. The van der Waals surface area contributed by atoms with Crippen molar-refractivity contribution in [2.45, 2.75) is 13.8 Å². The molecule has 0 aliphatic rings. The maximum Gasteiger partial charge on any atom is 0.263 e. The van der Waals surface area contributed by atoms with Gasteiger partial charge in [-0.2, -0.15) is 0 Å². The molecule has 0 atom stereocenters. The predicted octanol–water partition coefficient (Wildman–Crippen LogP) is 11.0. The standard InChI is InChI=1S/C43H26N4O.C2H6/c48-42-32-20-10-9-19-31(32)35-25-36-34-23-28-15-7-8-16-29(28)24-38(34)47(40(36)26-39(35)46(42)30-17-5-2-6-18-30)43-44-37-22-12-11-21-33(37)41(45-43)27-13-3-1-4-14-27;1-2/h1-26H;1-2H3. The summed E-state index contributed by atoms with van der Waals surface area (Å²) in [6, 6.07) is 53.6. The van der Waals surface area contributed by atoms with Gasteiger partial charge in [-0.3, -0.25) is 13.9 Å². The van der Waals surface area contributed by atoms with Crippen molar-refractivity contribution >= 4 is 65.2 Å². The number of fused-ring (bicyclic) bond motifs is 8. The molecule has 0 saturated carbocycles. The Morgan fingerprint density at radius 2 is 0.980 bits per heavy atom. The number of hydrogen-bond donors (Lipinski definition) is 0. The zero-order valence-electron chi connectivity index (χ0n) is 27.7. The van der Waals surface area contributed by atoms with Crippen LogP contribution in [0.25, 0.3) is 88.0 Å². The van der Waals surface area contributed by atoms with Crippen molar-refractivity contribution in [2.75, 3.05) is 0 Å². The molecule has 0 unspecified atom stereocenters. The van der Waals surface area contributed by atoms with Crippen molar-refractivity contribution in [3.63, 3.8) is 0 Å². The summed E-state index contributed by atoms with van der Waals surface area (Å²) >= 11 is 0. The molecule has 3 heterocycles. The Morgan fingerprint density at radius 1 is 0.440 bits per heavy atom. The van der Waals surface area contributed by atoms with Crippen LogP contribution < -0.4 is 5.56 Å². The van der Waals surface area contributed by atoms with E-state index in [0.29, 0.717) is 11.3 Å². The average molecular weight is 645 g/mol. The third kappa shape index (κ3) is 4.51. The minimum Gasteiger partial charge on any atom is -0.278 e. The Labute approximate surface area is 288 Å². The Hall–Kier alpha value is -6.59. The van der Waals surface area contributed by atoms with E-state index in [2.05, 4.69) is 71.3 Å². The van der Waals surface area contributed by atoms with Crippen molar-refractivity contribution in [1.82, 2.24) is 19.1 Å². The first-order valence-corrected chi connectivity index (χ1v) is 17.1.